The zero-order valence-electron chi connectivity index (χ0n) is 11.1. The number of phenolic OH excluding ortho intramolecular Hbond substituents is 2. The van der Waals surface area contributed by atoms with E-state index in [2.05, 4.69) is 6.58 Å². The van der Waals surface area contributed by atoms with Crippen molar-refractivity contribution in [1.82, 2.24) is 0 Å². The van der Waals surface area contributed by atoms with Crippen LogP contribution in [0.2, 0.25) is 0 Å². The molecule has 0 unspecified atom stereocenters. The Kier molecular flexibility index (Phi) is 5.73. The van der Waals surface area contributed by atoms with Crippen LogP contribution in [0, 0.1) is 0 Å². The average Bonchev–Trinajstić information content (AvgIpc) is 2.32. The third-order valence-electron chi connectivity index (χ3n) is 2.75. The van der Waals surface area contributed by atoms with Gasteiger partial charge in [0.15, 0.2) is 0 Å². The lowest BCUT2D eigenvalue weighted by Gasteiger charge is -2.04. The van der Waals surface area contributed by atoms with Crippen molar-refractivity contribution in [3.8, 4) is 11.5 Å². The van der Waals surface area contributed by atoms with Crippen LogP contribution in [0.5, 0.6) is 11.5 Å². The van der Waals surface area contributed by atoms with Crippen molar-refractivity contribution in [2.45, 2.75) is 26.2 Å². The van der Waals surface area contributed by atoms with Gasteiger partial charge >= 0.3 is 0 Å². The van der Waals surface area contributed by atoms with Crippen molar-refractivity contribution in [3.63, 3.8) is 0 Å². The number of aliphatic hydroxyl groups is 1. The second kappa shape index (κ2) is 7.31. The normalized spacial score (nSPS) is 11.9. The van der Waals surface area contributed by atoms with Gasteiger partial charge in [0.25, 0.3) is 0 Å². The highest BCUT2D eigenvalue weighted by atomic mass is 16.3. The summed E-state index contributed by atoms with van der Waals surface area (Å²) in [5.74, 6) is 0.202. The minimum absolute atomic E-state index is 0.0391. The van der Waals surface area contributed by atoms with Gasteiger partial charge in [-0.15, -0.1) is 0 Å². The molecule has 1 rings (SSSR count). The maximum Gasteiger partial charge on any atom is 0.119 e. The highest BCUT2D eigenvalue weighted by molar-refractivity contribution is 5.36. The lowest BCUT2D eigenvalue weighted by Crippen LogP contribution is -1.87. The van der Waals surface area contributed by atoms with Crippen LogP contribution in [-0.2, 0) is 6.42 Å². The van der Waals surface area contributed by atoms with Gasteiger partial charge in [0.05, 0.1) is 0 Å². The zero-order chi connectivity index (χ0) is 14.3. The molecule has 19 heavy (non-hydrogen) atoms. The lowest BCUT2D eigenvalue weighted by atomic mass is 10.0. The fourth-order valence-electron chi connectivity index (χ4n) is 1.82. The molecule has 0 saturated carbocycles. The van der Waals surface area contributed by atoms with E-state index in [4.69, 9.17) is 5.11 Å². The lowest BCUT2D eigenvalue weighted by molar-refractivity contribution is 0.435. The molecule has 0 aliphatic carbocycles. The number of hydrogen-bond donors (Lipinski definition) is 3. The summed E-state index contributed by atoms with van der Waals surface area (Å²) in [5, 5.41) is 27.7. The number of rotatable bonds is 6. The fourth-order valence-corrected chi connectivity index (χ4v) is 1.82. The number of aliphatic hydroxyl groups excluding tert-OH is 1. The van der Waals surface area contributed by atoms with Gasteiger partial charge in [-0.05, 0) is 50.0 Å². The minimum atomic E-state index is 0.0391. The first-order valence-corrected chi connectivity index (χ1v) is 6.24. The minimum Gasteiger partial charge on any atom is -0.509 e. The summed E-state index contributed by atoms with van der Waals surface area (Å²) in [6.07, 6.45) is 7.91. The van der Waals surface area contributed by atoms with Gasteiger partial charge in [0.2, 0.25) is 0 Å². The molecular formula is C16H20O3. The first kappa shape index (κ1) is 14.9. The summed E-state index contributed by atoms with van der Waals surface area (Å²) in [4.78, 5) is 0. The van der Waals surface area contributed by atoms with Crippen molar-refractivity contribution in [1.29, 1.82) is 0 Å². The number of phenols is 2. The maximum absolute atomic E-state index is 9.37. The van der Waals surface area contributed by atoms with Crippen LogP contribution in [0.4, 0.5) is 0 Å². The first-order chi connectivity index (χ1) is 9.01. The van der Waals surface area contributed by atoms with Gasteiger partial charge < -0.3 is 15.3 Å². The van der Waals surface area contributed by atoms with E-state index in [1.807, 2.05) is 19.1 Å². The van der Waals surface area contributed by atoms with Crippen molar-refractivity contribution >= 4 is 0 Å². The van der Waals surface area contributed by atoms with E-state index < -0.39 is 0 Å². The van der Waals surface area contributed by atoms with Gasteiger partial charge in [0, 0.05) is 6.07 Å². The van der Waals surface area contributed by atoms with Crippen LogP contribution >= 0.6 is 0 Å². The van der Waals surface area contributed by atoms with E-state index in [1.54, 1.807) is 18.2 Å². The quantitative estimate of drug-likeness (QED) is 0.535. The molecule has 0 amide bonds. The summed E-state index contributed by atoms with van der Waals surface area (Å²) >= 11 is 0. The Labute approximate surface area is 113 Å². The summed E-state index contributed by atoms with van der Waals surface area (Å²) in [7, 11) is 0. The molecule has 0 aliphatic heterocycles. The molecule has 0 bridgehead atoms. The first-order valence-electron chi connectivity index (χ1n) is 6.24. The highest BCUT2D eigenvalue weighted by Gasteiger charge is 2.00. The molecular weight excluding hydrogens is 240 g/mol. The summed E-state index contributed by atoms with van der Waals surface area (Å²) < 4.78 is 0. The molecule has 0 heterocycles. The van der Waals surface area contributed by atoms with E-state index in [9.17, 15) is 10.2 Å². The summed E-state index contributed by atoms with van der Waals surface area (Å²) in [5.41, 5.74) is 2.02. The number of benzene rings is 1. The molecule has 0 saturated heterocycles. The predicted octanol–water partition coefficient (Wildman–Crippen LogP) is 3.99. The molecule has 1 aromatic rings. The predicted molar refractivity (Wildman–Crippen MR) is 77.4 cm³/mol. The van der Waals surface area contributed by atoms with Crippen LogP contribution in [0.15, 0.2) is 54.3 Å². The molecule has 0 atom stereocenters. The van der Waals surface area contributed by atoms with Crippen LogP contribution in [0.3, 0.4) is 0 Å². The van der Waals surface area contributed by atoms with Gasteiger partial charge in [-0.25, -0.2) is 0 Å². The SMILES string of the molecule is C=C(O)/C=C\C(=C/C)CCCc1cc(O)cc(O)c1. The largest absolute Gasteiger partial charge is 0.509 e. The van der Waals surface area contributed by atoms with E-state index in [1.165, 1.54) is 6.07 Å². The zero-order valence-corrected chi connectivity index (χ0v) is 11.1. The van der Waals surface area contributed by atoms with Gasteiger partial charge in [-0.2, -0.15) is 0 Å². The standard InChI is InChI=1S/C16H20O3/c1-3-13(8-7-12(2)17)5-4-6-14-9-15(18)11-16(19)10-14/h3,7-11,17-19H,2,4-6H2,1H3/b8-7-,13-3-. The Morgan fingerprint density at radius 1 is 1.16 bits per heavy atom. The summed E-state index contributed by atoms with van der Waals surface area (Å²) in [6, 6.07) is 4.62. The topological polar surface area (TPSA) is 60.7 Å². The molecule has 0 aliphatic rings. The molecule has 3 heteroatoms. The molecule has 0 fully saturated rings. The number of aryl methyl sites for hydroxylation is 1. The maximum atomic E-state index is 9.37. The molecule has 0 aromatic heterocycles. The molecule has 102 valence electrons. The van der Waals surface area contributed by atoms with Crippen molar-refractivity contribution in [3.05, 3.63) is 59.9 Å². The van der Waals surface area contributed by atoms with E-state index >= 15 is 0 Å². The summed E-state index contributed by atoms with van der Waals surface area (Å²) in [6.45, 7) is 5.34. The Balaban J connectivity index is 2.51. The Morgan fingerprint density at radius 2 is 1.79 bits per heavy atom. The van der Waals surface area contributed by atoms with E-state index in [0.29, 0.717) is 0 Å². The smallest absolute Gasteiger partial charge is 0.119 e. The van der Waals surface area contributed by atoms with Gasteiger partial charge in [-0.3, -0.25) is 0 Å². The van der Waals surface area contributed by atoms with Gasteiger partial charge in [0.1, 0.15) is 17.3 Å². The monoisotopic (exact) mass is 260 g/mol. The molecule has 3 N–H and O–H groups in total. The van der Waals surface area contributed by atoms with Crippen molar-refractivity contribution < 1.29 is 15.3 Å². The molecule has 1 aromatic carbocycles. The third-order valence-corrected chi connectivity index (χ3v) is 2.75. The van der Waals surface area contributed by atoms with Crippen molar-refractivity contribution in [2.24, 2.45) is 0 Å². The van der Waals surface area contributed by atoms with Crippen LogP contribution in [0.25, 0.3) is 0 Å². The average molecular weight is 260 g/mol. The van der Waals surface area contributed by atoms with Crippen LogP contribution in [-0.4, -0.2) is 15.3 Å². The fraction of sp³-hybridized carbons (Fsp3) is 0.250. The Morgan fingerprint density at radius 3 is 2.32 bits per heavy atom. The Bertz CT molecular complexity index is 478. The van der Waals surface area contributed by atoms with E-state index in [-0.39, 0.29) is 17.3 Å². The Hall–Kier alpha value is -2.16. The second-order valence-electron chi connectivity index (χ2n) is 4.40. The molecule has 0 spiro atoms. The molecule has 3 nitrogen and oxygen atoms in total. The number of allylic oxidation sites excluding steroid dienone is 4. The van der Waals surface area contributed by atoms with E-state index in [0.717, 1.165) is 30.4 Å². The van der Waals surface area contributed by atoms with Crippen LogP contribution in [0.1, 0.15) is 25.3 Å². The van der Waals surface area contributed by atoms with Crippen LogP contribution < -0.4 is 0 Å². The highest BCUT2D eigenvalue weighted by Crippen LogP contribution is 2.22. The van der Waals surface area contributed by atoms with Crippen molar-refractivity contribution in [2.75, 3.05) is 0 Å². The third kappa shape index (κ3) is 5.82. The number of hydrogen-bond acceptors (Lipinski definition) is 3. The molecule has 0 radical (unpaired) electrons. The van der Waals surface area contributed by atoms with Gasteiger partial charge in [-0.1, -0.05) is 24.3 Å². The number of aromatic hydroxyl groups is 2. The second-order valence-corrected chi connectivity index (χ2v) is 4.40.